The third-order valence-electron chi connectivity index (χ3n) is 3.64. The summed E-state index contributed by atoms with van der Waals surface area (Å²) in [6, 6.07) is 19.9. The lowest BCUT2D eigenvalue weighted by Gasteiger charge is -2.10. The molecule has 0 bridgehead atoms. The molecule has 0 unspecified atom stereocenters. The van der Waals surface area contributed by atoms with Crippen molar-refractivity contribution < 1.29 is 4.74 Å². The van der Waals surface area contributed by atoms with Gasteiger partial charge in [-0.1, -0.05) is 60.7 Å². The number of H-pyrrole nitrogens is 1. The first-order valence-electron chi connectivity index (χ1n) is 8.20. The van der Waals surface area contributed by atoms with Gasteiger partial charge in [0.1, 0.15) is 11.4 Å². The molecule has 0 spiro atoms. The van der Waals surface area contributed by atoms with E-state index in [-0.39, 0.29) is 0 Å². The zero-order chi connectivity index (χ0) is 17.3. The van der Waals surface area contributed by atoms with Crippen LogP contribution < -0.4 is 5.32 Å². The number of benzene rings is 2. The van der Waals surface area contributed by atoms with Crippen molar-refractivity contribution in [1.82, 2.24) is 20.5 Å². The van der Waals surface area contributed by atoms with Crippen LogP contribution in [0.15, 0.2) is 60.7 Å². The molecule has 0 radical (unpaired) electrons. The summed E-state index contributed by atoms with van der Waals surface area (Å²) >= 11 is 5.08. The molecule has 6 heteroatoms. The molecular formula is C19H20N4OS. The van der Waals surface area contributed by atoms with Crippen LogP contribution in [0.1, 0.15) is 0 Å². The Balaban J connectivity index is 0.000000258. The van der Waals surface area contributed by atoms with Gasteiger partial charge in [-0.25, -0.2) is 4.98 Å². The number of ether oxygens (including phenoxy) is 1. The SMILES string of the molecule is C1COCCN1.S=c1nc(-c2ccccc2)c(-c2ccccc2)n[nH]1. The van der Waals surface area contributed by atoms with Crippen LogP contribution >= 0.6 is 12.2 Å². The van der Waals surface area contributed by atoms with Gasteiger partial charge in [0.05, 0.1) is 13.2 Å². The summed E-state index contributed by atoms with van der Waals surface area (Å²) in [6.07, 6.45) is 0. The molecule has 0 amide bonds. The number of rotatable bonds is 2. The number of morpholine rings is 1. The molecule has 1 aromatic heterocycles. The van der Waals surface area contributed by atoms with Crippen molar-refractivity contribution in [3.8, 4) is 22.5 Å². The molecule has 1 fully saturated rings. The van der Waals surface area contributed by atoms with E-state index in [2.05, 4.69) is 20.5 Å². The van der Waals surface area contributed by atoms with Crippen LogP contribution in [0.4, 0.5) is 0 Å². The van der Waals surface area contributed by atoms with Crippen LogP contribution in [0.25, 0.3) is 22.5 Å². The second-order valence-electron chi connectivity index (χ2n) is 5.43. The summed E-state index contributed by atoms with van der Waals surface area (Å²) in [5, 5.41) is 10.3. The van der Waals surface area contributed by atoms with Gasteiger partial charge in [0, 0.05) is 24.2 Å². The summed E-state index contributed by atoms with van der Waals surface area (Å²) in [5.74, 6) is 0. The lowest BCUT2D eigenvalue weighted by atomic mass is 10.0. The highest BCUT2D eigenvalue weighted by Crippen LogP contribution is 2.27. The molecule has 2 aromatic carbocycles. The predicted octanol–water partition coefficient (Wildman–Crippen LogP) is 3.47. The van der Waals surface area contributed by atoms with Gasteiger partial charge in [-0.05, 0) is 12.2 Å². The average Bonchev–Trinajstić information content (AvgIpc) is 2.71. The molecule has 1 aliphatic rings. The fraction of sp³-hybridized carbons (Fsp3) is 0.211. The van der Waals surface area contributed by atoms with Gasteiger partial charge in [-0.3, -0.25) is 5.10 Å². The van der Waals surface area contributed by atoms with Crippen LogP contribution in [0.2, 0.25) is 0 Å². The van der Waals surface area contributed by atoms with Crippen molar-refractivity contribution in [1.29, 1.82) is 0 Å². The quantitative estimate of drug-likeness (QED) is 0.692. The highest BCUT2D eigenvalue weighted by Gasteiger charge is 2.10. The number of nitrogens with one attached hydrogen (secondary N) is 2. The summed E-state index contributed by atoms with van der Waals surface area (Å²) < 4.78 is 5.39. The third-order valence-corrected chi connectivity index (χ3v) is 3.82. The summed E-state index contributed by atoms with van der Waals surface area (Å²) in [4.78, 5) is 4.42. The molecule has 0 atom stereocenters. The van der Waals surface area contributed by atoms with Crippen LogP contribution in [-0.2, 0) is 4.74 Å². The van der Waals surface area contributed by atoms with Gasteiger partial charge in [-0.2, -0.15) is 5.10 Å². The second-order valence-corrected chi connectivity index (χ2v) is 5.82. The van der Waals surface area contributed by atoms with Crippen molar-refractivity contribution in [2.24, 2.45) is 0 Å². The highest BCUT2D eigenvalue weighted by atomic mass is 32.1. The molecule has 4 rings (SSSR count). The zero-order valence-electron chi connectivity index (χ0n) is 13.8. The Hall–Kier alpha value is -2.41. The fourth-order valence-corrected chi connectivity index (χ4v) is 2.58. The van der Waals surface area contributed by atoms with Gasteiger partial charge >= 0.3 is 0 Å². The molecule has 5 nitrogen and oxygen atoms in total. The van der Waals surface area contributed by atoms with Gasteiger partial charge in [-0.15, -0.1) is 0 Å². The minimum Gasteiger partial charge on any atom is -0.379 e. The first kappa shape index (κ1) is 17.4. The summed E-state index contributed by atoms with van der Waals surface area (Å²) in [5.41, 5.74) is 3.63. The molecule has 2 heterocycles. The number of aromatic nitrogens is 3. The lowest BCUT2D eigenvalue weighted by Crippen LogP contribution is -2.30. The Kier molecular flexibility index (Phi) is 6.39. The van der Waals surface area contributed by atoms with E-state index in [0.717, 1.165) is 48.8 Å². The van der Waals surface area contributed by atoms with Gasteiger partial charge in [0.2, 0.25) is 4.77 Å². The molecule has 25 heavy (non-hydrogen) atoms. The van der Waals surface area contributed by atoms with E-state index in [1.807, 2.05) is 60.7 Å². The molecule has 1 aliphatic heterocycles. The van der Waals surface area contributed by atoms with E-state index in [1.165, 1.54) is 0 Å². The fourth-order valence-electron chi connectivity index (χ4n) is 2.45. The molecule has 0 saturated carbocycles. The van der Waals surface area contributed by atoms with Crippen molar-refractivity contribution >= 4 is 12.2 Å². The lowest BCUT2D eigenvalue weighted by molar-refractivity contribution is 0.109. The van der Waals surface area contributed by atoms with Crippen LogP contribution in [-0.4, -0.2) is 41.5 Å². The van der Waals surface area contributed by atoms with Crippen LogP contribution in [0, 0.1) is 4.77 Å². The number of aromatic amines is 1. The highest BCUT2D eigenvalue weighted by molar-refractivity contribution is 7.71. The largest absolute Gasteiger partial charge is 0.379 e. The van der Waals surface area contributed by atoms with Crippen LogP contribution in [0.3, 0.4) is 0 Å². The Labute approximate surface area is 152 Å². The number of nitrogens with zero attached hydrogens (tertiary/aromatic N) is 2. The van der Waals surface area contributed by atoms with Crippen molar-refractivity contribution in [3.05, 3.63) is 65.4 Å². The molecule has 3 aromatic rings. The van der Waals surface area contributed by atoms with Crippen molar-refractivity contribution in [2.75, 3.05) is 26.3 Å². The van der Waals surface area contributed by atoms with Gasteiger partial charge < -0.3 is 10.1 Å². The average molecular weight is 352 g/mol. The third kappa shape index (κ3) is 5.03. The van der Waals surface area contributed by atoms with E-state index in [0.29, 0.717) is 4.77 Å². The Bertz CT molecular complexity index is 821. The minimum absolute atomic E-state index is 0.388. The maximum atomic E-state index is 5.08. The Morgan fingerprint density at radius 2 is 1.36 bits per heavy atom. The van der Waals surface area contributed by atoms with E-state index in [9.17, 15) is 0 Å². The monoisotopic (exact) mass is 352 g/mol. The zero-order valence-corrected chi connectivity index (χ0v) is 14.6. The maximum Gasteiger partial charge on any atom is 0.214 e. The van der Waals surface area contributed by atoms with E-state index < -0.39 is 0 Å². The van der Waals surface area contributed by atoms with Gasteiger partial charge in [0.25, 0.3) is 0 Å². The topological polar surface area (TPSA) is 62.8 Å². The van der Waals surface area contributed by atoms with E-state index >= 15 is 0 Å². The number of hydrogen-bond donors (Lipinski definition) is 2. The van der Waals surface area contributed by atoms with Crippen LogP contribution in [0.5, 0.6) is 0 Å². The maximum absolute atomic E-state index is 5.08. The summed E-state index contributed by atoms with van der Waals surface area (Å²) in [6.45, 7) is 3.83. The predicted molar refractivity (Wildman–Crippen MR) is 102 cm³/mol. The number of hydrogen-bond acceptors (Lipinski definition) is 5. The Morgan fingerprint density at radius 3 is 1.84 bits per heavy atom. The molecule has 1 saturated heterocycles. The minimum atomic E-state index is 0.388. The molecular weight excluding hydrogens is 332 g/mol. The van der Waals surface area contributed by atoms with E-state index in [4.69, 9.17) is 17.0 Å². The van der Waals surface area contributed by atoms with E-state index in [1.54, 1.807) is 0 Å². The van der Waals surface area contributed by atoms with Crippen molar-refractivity contribution in [2.45, 2.75) is 0 Å². The second kappa shape index (κ2) is 9.17. The normalized spacial score (nSPS) is 13.6. The summed E-state index contributed by atoms with van der Waals surface area (Å²) in [7, 11) is 0. The molecule has 0 aliphatic carbocycles. The molecule has 128 valence electrons. The Morgan fingerprint density at radius 1 is 0.800 bits per heavy atom. The smallest absolute Gasteiger partial charge is 0.214 e. The van der Waals surface area contributed by atoms with Crippen molar-refractivity contribution in [3.63, 3.8) is 0 Å². The first-order chi connectivity index (χ1) is 12.3. The first-order valence-corrected chi connectivity index (χ1v) is 8.61. The van der Waals surface area contributed by atoms with Gasteiger partial charge in [0.15, 0.2) is 0 Å². The molecule has 2 N–H and O–H groups in total. The standard InChI is InChI=1S/C15H11N3S.C4H9NO/c19-15-16-13(11-7-3-1-4-8-11)14(17-18-15)12-9-5-2-6-10-12;1-3-6-4-2-5-1/h1-10H,(H,16,18,19);5H,1-4H2.